The van der Waals surface area contributed by atoms with Crippen LogP contribution in [0, 0.1) is 5.41 Å². The van der Waals surface area contributed by atoms with Crippen LogP contribution in [0.4, 0.5) is 13.2 Å². The Hall–Kier alpha value is -1.10. The Morgan fingerprint density at radius 3 is 2.42 bits per heavy atom. The van der Waals surface area contributed by atoms with Crippen LogP contribution < -0.4 is 5.32 Å². The summed E-state index contributed by atoms with van der Waals surface area (Å²) in [5.41, 5.74) is -1.28. The molecule has 1 aromatic heterocycles. The molecule has 0 spiro atoms. The van der Waals surface area contributed by atoms with E-state index in [2.05, 4.69) is 10.3 Å². The first-order chi connectivity index (χ1) is 8.68. The lowest BCUT2D eigenvalue weighted by atomic mass is 9.68. The molecule has 2 nitrogen and oxygen atoms in total. The normalized spacial score (nSPS) is 24.7. The van der Waals surface area contributed by atoms with Crippen molar-refractivity contribution >= 4 is 0 Å². The third kappa shape index (κ3) is 2.36. The van der Waals surface area contributed by atoms with Gasteiger partial charge in [0.05, 0.1) is 11.1 Å². The number of pyridine rings is 1. The summed E-state index contributed by atoms with van der Waals surface area (Å²) >= 11 is 0. The summed E-state index contributed by atoms with van der Waals surface area (Å²) in [5, 5.41) is 3.30. The fourth-order valence-corrected chi connectivity index (χ4v) is 3.00. The van der Waals surface area contributed by atoms with Crippen molar-refractivity contribution in [2.75, 3.05) is 6.54 Å². The molecule has 2 heterocycles. The number of hydrogen-bond acceptors (Lipinski definition) is 2. The Morgan fingerprint density at radius 1 is 1.26 bits per heavy atom. The van der Waals surface area contributed by atoms with Gasteiger partial charge in [0.15, 0.2) is 0 Å². The number of nitrogens with one attached hydrogen (secondary N) is 1. The van der Waals surface area contributed by atoms with Crippen molar-refractivity contribution in [1.29, 1.82) is 0 Å². The van der Waals surface area contributed by atoms with Gasteiger partial charge in [-0.05, 0) is 30.9 Å². The molecule has 0 aliphatic carbocycles. The number of halogens is 3. The molecule has 106 valence electrons. The summed E-state index contributed by atoms with van der Waals surface area (Å²) < 4.78 is 39.6. The van der Waals surface area contributed by atoms with E-state index in [4.69, 9.17) is 0 Å². The van der Waals surface area contributed by atoms with Crippen LogP contribution in [-0.4, -0.2) is 11.5 Å². The van der Waals surface area contributed by atoms with Crippen LogP contribution in [0.1, 0.15) is 44.7 Å². The van der Waals surface area contributed by atoms with Crippen LogP contribution in [0.5, 0.6) is 0 Å². The van der Waals surface area contributed by atoms with E-state index >= 15 is 0 Å². The van der Waals surface area contributed by atoms with Crippen molar-refractivity contribution in [1.82, 2.24) is 10.3 Å². The maximum atomic E-state index is 13.2. The highest BCUT2D eigenvalue weighted by molar-refractivity contribution is 5.36. The van der Waals surface area contributed by atoms with Crippen LogP contribution >= 0.6 is 0 Å². The smallest absolute Gasteiger partial charge is 0.307 e. The molecule has 1 fully saturated rings. The summed E-state index contributed by atoms with van der Waals surface area (Å²) in [6.07, 6.45) is -0.195. The lowest BCUT2D eigenvalue weighted by Crippen LogP contribution is -2.49. The van der Waals surface area contributed by atoms with Gasteiger partial charge in [-0.2, -0.15) is 13.2 Å². The Kier molecular flexibility index (Phi) is 3.37. The highest BCUT2D eigenvalue weighted by Crippen LogP contribution is 2.48. The van der Waals surface area contributed by atoms with E-state index in [0.29, 0.717) is 6.42 Å². The second-order valence-corrected chi connectivity index (χ2v) is 6.10. The molecule has 5 heteroatoms. The first kappa shape index (κ1) is 14.3. The minimum atomic E-state index is -4.35. The summed E-state index contributed by atoms with van der Waals surface area (Å²) in [5.74, 6) is 0. The molecule has 1 aliphatic rings. The Balaban J connectivity index is 2.62. The second kappa shape index (κ2) is 4.47. The molecule has 0 saturated carbocycles. The molecule has 0 aromatic carbocycles. The monoisotopic (exact) mass is 272 g/mol. The first-order valence-corrected chi connectivity index (χ1v) is 6.45. The van der Waals surface area contributed by atoms with E-state index in [1.165, 1.54) is 12.4 Å². The fourth-order valence-electron chi connectivity index (χ4n) is 3.00. The van der Waals surface area contributed by atoms with Crippen LogP contribution in [0.2, 0.25) is 0 Å². The predicted molar refractivity (Wildman–Crippen MR) is 67.6 cm³/mol. The van der Waals surface area contributed by atoms with Crippen molar-refractivity contribution in [2.24, 2.45) is 5.41 Å². The minimum absolute atomic E-state index is 0.271. The van der Waals surface area contributed by atoms with Crippen molar-refractivity contribution in [3.05, 3.63) is 29.6 Å². The van der Waals surface area contributed by atoms with E-state index < -0.39 is 17.3 Å². The molecule has 1 saturated heterocycles. The number of hydrogen-bond donors (Lipinski definition) is 1. The molecule has 1 atom stereocenters. The summed E-state index contributed by atoms with van der Waals surface area (Å²) in [7, 11) is 0. The van der Waals surface area contributed by atoms with Gasteiger partial charge in [0.2, 0.25) is 0 Å². The van der Waals surface area contributed by atoms with Crippen LogP contribution in [0.25, 0.3) is 0 Å². The Morgan fingerprint density at radius 2 is 1.95 bits per heavy atom. The van der Waals surface area contributed by atoms with E-state index in [1.807, 2.05) is 20.8 Å². The van der Waals surface area contributed by atoms with Gasteiger partial charge < -0.3 is 5.32 Å². The van der Waals surface area contributed by atoms with Gasteiger partial charge in [-0.1, -0.05) is 20.8 Å². The van der Waals surface area contributed by atoms with Gasteiger partial charge in [0, 0.05) is 18.0 Å². The highest BCUT2D eigenvalue weighted by Gasteiger charge is 2.49. The number of rotatable bonds is 1. The van der Waals surface area contributed by atoms with Crippen LogP contribution in [0.15, 0.2) is 18.5 Å². The minimum Gasteiger partial charge on any atom is -0.307 e. The zero-order valence-corrected chi connectivity index (χ0v) is 11.4. The van der Waals surface area contributed by atoms with Crippen molar-refractivity contribution in [3.63, 3.8) is 0 Å². The summed E-state index contributed by atoms with van der Waals surface area (Å²) in [4.78, 5) is 3.92. The number of aromatic nitrogens is 1. The third-order valence-electron chi connectivity index (χ3n) is 4.02. The van der Waals surface area contributed by atoms with Gasteiger partial charge in [0.25, 0.3) is 0 Å². The molecule has 1 aromatic rings. The quantitative estimate of drug-likeness (QED) is 0.842. The van der Waals surface area contributed by atoms with Crippen molar-refractivity contribution < 1.29 is 13.2 Å². The molecule has 1 aliphatic heterocycles. The molecule has 0 bridgehead atoms. The first-order valence-electron chi connectivity index (χ1n) is 6.45. The van der Waals surface area contributed by atoms with E-state index in [0.717, 1.165) is 19.0 Å². The molecule has 1 unspecified atom stereocenters. The van der Waals surface area contributed by atoms with Crippen molar-refractivity contribution in [3.8, 4) is 0 Å². The average molecular weight is 272 g/mol. The topological polar surface area (TPSA) is 24.9 Å². The van der Waals surface area contributed by atoms with Gasteiger partial charge in [-0.15, -0.1) is 0 Å². The summed E-state index contributed by atoms with van der Waals surface area (Å²) in [6, 6.07) is 1.07. The van der Waals surface area contributed by atoms with Gasteiger partial charge in [-0.25, -0.2) is 0 Å². The standard InChI is InChI=1S/C14H19F3N2/c1-12(2,3)13(6-4-7-19-13)11-9-18-8-5-10(11)14(15,16)17/h5,8-9,19H,4,6-7H2,1-3H3. The highest BCUT2D eigenvalue weighted by atomic mass is 19.4. The largest absolute Gasteiger partial charge is 0.416 e. The lowest BCUT2D eigenvalue weighted by molar-refractivity contribution is -0.139. The molecule has 19 heavy (non-hydrogen) atoms. The fraction of sp³-hybridized carbons (Fsp3) is 0.643. The molecule has 0 amide bonds. The summed E-state index contributed by atoms with van der Waals surface area (Å²) in [6.45, 7) is 6.65. The zero-order chi connectivity index (χ0) is 14.3. The SMILES string of the molecule is CC(C)(C)C1(c2cnccc2C(F)(F)F)CCCN1. The van der Waals surface area contributed by atoms with Gasteiger partial charge in [0.1, 0.15) is 0 Å². The molecule has 0 radical (unpaired) electrons. The van der Waals surface area contributed by atoms with Gasteiger partial charge >= 0.3 is 6.18 Å². The maximum absolute atomic E-state index is 13.2. The predicted octanol–water partition coefficient (Wildman–Crippen LogP) is 3.73. The average Bonchev–Trinajstić information content (AvgIpc) is 2.77. The lowest BCUT2D eigenvalue weighted by Gasteiger charge is -2.43. The van der Waals surface area contributed by atoms with E-state index in [9.17, 15) is 13.2 Å². The molecule has 1 N–H and O–H groups in total. The van der Waals surface area contributed by atoms with Crippen LogP contribution in [0.3, 0.4) is 0 Å². The Bertz CT molecular complexity index is 454. The zero-order valence-electron chi connectivity index (χ0n) is 11.4. The van der Waals surface area contributed by atoms with E-state index in [-0.39, 0.29) is 11.0 Å². The second-order valence-electron chi connectivity index (χ2n) is 6.10. The van der Waals surface area contributed by atoms with Crippen molar-refractivity contribution in [2.45, 2.75) is 45.3 Å². The maximum Gasteiger partial charge on any atom is 0.416 e. The Labute approximate surface area is 111 Å². The molecular weight excluding hydrogens is 253 g/mol. The molecular formula is C14H19F3N2. The van der Waals surface area contributed by atoms with Crippen LogP contribution in [-0.2, 0) is 11.7 Å². The van der Waals surface area contributed by atoms with E-state index in [1.54, 1.807) is 0 Å². The molecule has 2 rings (SSSR count). The number of alkyl halides is 3. The number of nitrogens with zero attached hydrogens (tertiary/aromatic N) is 1. The third-order valence-corrected chi connectivity index (χ3v) is 4.02. The van der Waals surface area contributed by atoms with Gasteiger partial charge in [-0.3, -0.25) is 4.98 Å².